The van der Waals surface area contributed by atoms with E-state index in [1.54, 1.807) is 4.90 Å². The van der Waals surface area contributed by atoms with Crippen LogP contribution in [0.4, 0.5) is 17.1 Å². The maximum absolute atomic E-state index is 13.2. The number of nitrogens with zero attached hydrogens (tertiary/aromatic N) is 2. The van der Waals surface area contributed by atoms with Crippen molar-refractivity contribution < 1.29 is 4.79 Å². The highest BCUT2D eigenvalue weighted by Gasteiger charge is 2.22. The van der Waals surface area contributed by atoms with Crippen LogP contribution < -0.4 is 9.80 Å². The number of hydrogen-bond donors (Lipinski definition) is 0. The van der Waals surface area contributed by atoms with Crippen LogP contribution in [0.15, 0.2) is 84.9 Å². The largest absolute Gasteiger partial charge is 0.376 e. The highest BCUT2D eigenvalue weighted by atomic mass is 16.2. The van der Waals surface area contributed by atoms with Crippen molar-refractivity contribution in [3.05, 3.63) is 90.5 Å². The molecule has 0 aliphatic heterocycles. The highest BCUT2D eigenvalue weighted by Crippen LogP contribution is 2.34. The Balaban J connectivity index is 2.16. The molecule has 3 heteroatoms. The van der Waals surface area contributed by atoms with E-state index >= 15 is 0 Å². The molecule has 3 aromatic carbocycles. The fraction of sp³-hybridized carbons (Fsp3) is 0.0952. The van der Waals surface area contributed by atoms with Crippen LogP contribution in [-0.4, -0.2) is 20.0 Å². The summed E-state index contributed by atoms with van der Waals surface area (Å²) in [6, 6.07) is 27.0. The molecule has 0 aliphatic rings. The molecule has 120 valence electrons. The number of carbonyl (C=O) groups is 1. The van der Waals surface area contributed by atoms with E-state index in [1.807, 2.05) is 104 Å². The number of benzene rings is 3. The molecule has 1 amide bonds. The fourth-order valence-corrected chi connectivity index (χ4v) is 2.68. The zero-order chi connectivity index (χ0) is 16.9. The van der Waals surface area contributed by atoms with Gasteiger partial charge in [-0.25, -0.2) is 0 Å². The summed E-state index contributed by atoms with van der Waals surface area (Å²) < 4.78 is 0. The van der Waals surface area contributed by atoms with E-state index in [4.69, 9.17) is 0 Å². The third-order valence-corrected chi connectivity index (χ3v) is 3.84. The van der Waals surface area contributed by atoms with Crippen LogP contribution in [-0.2, 0) is 0 Å². The van der Waals surface area contributed by atoms with Gasteiger partial charge in [0, 0.05) is 25.3 Å². The molecule has 0 heterocycles. The van der Waals surface area contributed by atoms with Crippen LogP contribution in [0.2, 0.25) is 0 Å². The predicted molar refractivity (Wildman–Crippen MR) is 100 cm³/mol. The average Bonchev–Trinajstić information content (AvgIpc) is 2.64. The number of rotatable bonds is 4. The van der Waals surface area contributed by atoms with Crippen LogP contribution in [0, 0.1) is 0 Å². The number of amides is 1. The van der Waals surface area contributed by atoms with Gasteiger partial charge in [-0.2, -0.15) is 0 Å². The number of hydrogen-bond acceptors (Lipinski definition) is 2. The lowest BCUT2D eigenvalue weighted by atomic mass is 10.1. The molecule has 0 saturated carbocycles. The van der Waals surface area contributed by atoms with Crippen molar-refractivity contribution >= 4 is 23.0 Å². The molecule has 0 bridgehead atoms. The first-order chi connectivity index (χ1) is 11.7. The van der Waals surface area contributed by atoms with Crippen molar-refractivity contribution in [3.63, 3.8) is 0 Å². The molecular weight excluding hydrogens is 296 g/mol. The number of para-hydroxylation sites is 3. The first kappa shape index (κ1) is 15.8. The smallest absolute Gasteiger partial charge is 0.262 e. The van der Waals surface area contributed by atoms with E-state index in [1.165, 1.54) is 0 Å². The molecule has 3 nitrogen and oxygen atoms in total. The highest BCUT2D eigenvalue weighted by molar-refractivity contribution is 6.12. The molecule has 0 spiro atoms. The monoisotopic (exact) mass is 316 g/mol. The minimum atomic E-state index is -0.0453. The quantitative estimate of drug-likeness (QED) is 0.694. The van der Waals surface area contributed by atoms with Crippen LogP contribution in [0.5, 0.6) is 0 Å². The SMILES string of the molecule is CN(C)c1ccccc1N(C(=O)c1ccccc1)c1ccccc1. The van der Waals surface area contributed by atoms with Gasteiger partial charge in [0.25, 0.3) is 5.91 Å². The summed E-state index contributed by atoms with van der Waals surface area (Å²) in [5, 5.41) is 0. The first-order valence-electron chi connectivity index (χ1n) is 7.89. The molecule has 3 aromatic rings. The Morgan fingerprint density at radius 3 is 1.75 bits per heavy atom. The molecule has 0 aliphatic carbocycles. The third kappa shape index (κ3) is 3.15. The molecule has 0 aromatic heterocycles. The minimum absolute atomic E-state index is 0.0453. The van der Waals surface area contributed by atoms with E-state index in [0.29, 0.717) is 5.56 Å². The Kier molecular flexibility index (Phi) is 4.62. The van der Waals surface area contributed by atoms with Crippen molar-refractivity contribution in [2.75, 3.05) is 23.9 Å². The minimum Gasteiger partial charge on any atom is -0.376 e. The summed E-state index contributed by atoms with van der Waals surface area (Å²) in [7, 11) is 3.96. The van der Waals surface area contributed by atoms with E-state index < -0.39 is 0 Å². The Morgan fingerprint density at radius 1 is 0.667 bits per heavy atom. The molecule has 0 N–H and O–H groups in total. The van der Waals surface area contributed by atoms with Gasteiger partial charge in [0.2, 0.25) is 0 Å². The molecule has 3 rings (SSSR count). The van der Waals surface area contributed by atoms with Gasteiger partial charge < -0.3 is 4.90 Å². The summed E-state index contributed by atoms with van der Waals surface area (Å²) in [5.74, 6) is -0.0453. The summed E-state index contributed by atoms with van der Waals surface area (Å²) in [6.07, 6.45) is 0. The van der Waals surface area contributed by atoms with Gasteiger partial charge in [0.05, 0.1) is 11.4 Å². The maximum atomic E-state index is 13.2. The lowest BCUT2D eigenvalue weighted by molar-refractivity contribution is 0.0999. The Labute approximate surface area is 142 Å². The Hall–Kier alpha value is -3.07. The van der Waals surface area contributed by atoms with Crippen LogP contribution in [0.25, 0.3) is 0 Å². The summed E-state index contributed by atoms with van der Waals surface area (Å²) in [5.41, 5.74) is 3.36. The standard InChI is InChI=1S/C21H20N2O/c1-22(2)19-15-9-10-16-20(19)23(18-13-7-4-8-14-18)21(24)17-11-5-3-6-12-17/h3-16H,1-2H3. The number of carbonyl (C=O) groups excluding carboxylic acids is 1. The second-order valence-electron chi connectivity index (χ2n) is 5.73. The second-order valence-corrected chi connectivity index (χ2v) is 5.73. The number of anilines is 3. The van der Waals surface area contributed by atoms with Crippen molar-refractivity contribution in [3.8, 4) is 0 Å². The van der Waals surface area contributed by atoms with E-state index in [2.05, 4.69) is 0 Å². The third-order valence-electron chi connectivity index (χ3n) is 3.84. The van der Waals surface area contributed by atoms with Gasteiger partial charge in [-0.15, -0.1) is 0 Å². The van der Waals surface area contributed by atoms with Gasteiger partial charge in [0.1, 0.15) is 0 Å². The van der Waals surface area contributed by atoms with Crippen LogP contribution >= 0.6 is 0 Å². The van der Waals surface area contributed by atoms with Crippen molar-refractivity contribution in [1.82, 2.24) is 0 Å². The zero-order valence-electron chi connectivity index (χ0n) is 13.9. The van der Waals surface area contributed by atoms with Crippen molar-refractivity contribution in [1.29, 1.82) is 0 Å². The van der Waals surface area contributed by atoms with Crippen LogP contribution in [0.1, 0.15) is 10.4 Å². The second kappa shape index (κ2) is 7.01. The van der Waals surface area contributed by atoms with Crippen LogP contribution in [0.3, 0.4) is 0 Å². The average molecular weight is 316 g/mol. The molecule has 0 atom stereocenters. The molecule has 0 fully saturated rings. The lowest BCUT2D eigenvalue weighted by Gasteiger charge is -2.28. The van der Waals surface area contributed by atoms with Gasteiger partial charge in [-0.1, -0.05) is 48.5 Å². The van der Waals surface area contributed by atoms with E-state index in [0.717, 1.165) is 17.1 Å². The zero-order valence-corrected chi connectivity index (χ0v) is 13.9. The topological polar surface area (TPSA) is 23.6 Å². The molecule has 0 unspecified atom stereocenters. The predicted octanol–water partition coefficient (Wildman–Crippen LogP) is 4.73. The normalized spacial score (nSPS) is 10.2. The van der Waals surface area contributed by atoms with Gasteiger partial charge in [0.15, 0.2) is 0 Å². The Morgan fingerprint density at radius 2 is 1.17 bits per heavy atom. The molecular formula is C21H20N2O. The van der Waals surface area contributed by atoms with Gasteiger partial charge in [-0.05, 0) is 36.4 Å². The van der Waals surface area contributed by atoms with Gasteiger partial charge >= 0.3 is 0 Å². The van der Waals surface area contributed by atoms with Crippen molar-refractivity contribution in [2.45, 2.75) is 0 Å². The summed E-state index contributed by atoms with van der Waals surface area (Å²) in [4.78, 5) is 17.0. The molecule has 0 radical (unpaired) electrons. The first-order valence-corrected chi connectivity index (χ1v) is 7.89. The van der Waals surface area contributed by atoms with E-state index in [9.17, 15) is 4.79 Å². The lowest BCUT2D eigenvalue weighted by Crippen LogP contribution is -2.27. The molecule has 0 saturated heterocycles. The summed E-state index contributed by atoms with van der Waals surface area (Å²) in [6.45, 7) is 0. The van der Waals surface area contributed by atoms with E-state index in [-0.39, 0.29) is 5.91 Å². The Bertz CT molecular complexity index is 814. The fourth-order valence-electron chi connectivity index (χ4n) is 2.68. The van der Waals surface area contributed by atoms with Crippen molar-refractivity contribution in [2.24, 2.45) is 0 Å². The van der Waals surface area contributed by atoms with Gasteiger partial charge in [-0.3, -0.25) is 9.69 Å². The maximum Gasteiger partial charge on any atom is 0.262 e. The summed E-state index contributed by atoms with van der Waals surface area (Å²) >= 11 is 0. The molecule has 24 heavy (non-hydrogen) atoms.